The van der Waals surface area contributed by atoms with Crippen LogP contribution in [0.4, 0.5) is 0 Å². The van der Waals surface area contributed by atoms with Crippen molar-refractivity contribution in [1.29, 1.82) is 0 Å². The van der Waals surface area contributed by atoms with Gasteiger partial charge in [-0.2, -0.15) is 0 Å². The van der Waals surface area contributed by atoms with Gasteiger partial charge in [-0.3, -0.25) is 0 Å². The second-order valence-electron chi connectivity index (χ2n) is 5.01. The van der Waals surface area contributed by atoms with Crippen LogP contribution in [0.2, 0.25) is 0 Å². The molecular weight excluding hydrogens is 214 g/mol. The van der Waals surface area contributed by atoms with E-state index in [0.29, 0.717) is 6.61 Å². The minimum Gasteiger partial charge on any atom is -0.389 e. The maximum absolute atomic E-state index is 9.82. The molecule has 1 unspecified atom stereocenters. The lowest BCUT2D eigenvalue weighted by Gasteiger charge is -2.26. The van der Waals surface area contributed by atoms with Gasteiger partial charge in [0.2, 0.25) is 0 Å². The maximum Gasteiger partial charge on any atom is 0.0741 e. The molecule has 0 amide bonds. The zero-order valence-corrected chi connectivity index (χ0v) is 11.2. The molecule has 0 saturated heterocycles. The Labute approximate surface area is 104 Å². The lowest BCUT2D eigenvalue weighted by molar-refractivity contribution is 0.0437. The second kappa shape index (κ2) is 6.15. The second-order valence-corrected chi connectivity index (χ2v) is 5.01. The molecule has 0 aromatic heterocycles. The van der Waals surface area contributed by atoms with Crippen LogP contribution in [0.25, 0.3) is 0 Å². The van der Waals surface area contributed by atoms with Gasteiger partial charge in [0.05, 0.1) is 12.2 Å². The van der Waals surface area contributed by atoms with Crippen molar-refractivity contribution >= 4 is 0 Å². The van der Waals surface area contributed by atoms with Gasteiger partial charge in [-0.25, -0.2) is 0 Å². The fourth-order valence-corrected chi connectivity index (χ4v) is 1.52. The summed E-state index contributed by atoms with van der Waals surface area (Å²) in [6.45, 7) is 6.99. The monoisotopic (exact) mass is 237 g/mol. The lowest BCUT2D eigenvalue weighted by atomic mass is 10.0. The number of rotatable bonds is 6. The lowest BCUT2D eigenvalue weighted by Crippen LogP contribution is -2.44. The van der Waals surface area contributed by atoms with Crippen LogP contribution in [0.3, 0.4) is 0 Å². The van der Waals surface area contributed by atoms with E-state index >= 15 is 0 Å². The number of ether oxygens (including phenoxy) is 1. The summed E-state index contributed by atoms with van der Waals surface area (Å²) in [5, 5.41) is 13.1. The van der Waals surface area contributed by atoms with E-state index in [1.807, 2.05) is 32.9 Å². The van der Waals surface area contributed by atoms with E-state index < -0.39 is 5.60 Å². The number of methoxy groups -OCH3 is 1. The van der Waals surface area contributed by atoms with Crippen molar-refractivity contribution in [3.63, 3.8) is 0 Å². The van der Waals surface area contributed by atoms with Crippen molar-refractivity contribution < 1.29 is 9.84 Å². The van der Waals surface area contributed by atoms with Crippen LogP contribution in [0.5, 0.6) is 0 Å². The fourth-order valence-electron chi connectivity index (χ4n) is 1.52. The summed E-state index contributed by atoms with van der Waals surface area (Å²) in [6, 6.07) is 8.32. The average Bonchev–Trinajstić information content (AvgIpc) is 2.25. The van der Waals surface area contributed by atoms with E-state index in [0.717, 1.165) is 6.54 Å². The van der Waals surface area contributed by atoms with Crippen molar-refractivity contribution in [2.24, 2.45) is 0 Å². The normalized spacial score (nSPS) is 13.7. The molecule has 3 heteroatoms. The number of hydrogen-bond donors (Lipinski definition) is 2. The minimum atomic E-state index is -0.704. The Morgan fingerprint density at radius 1 is 1.35 bits per heavy atom. The molecule has 0 spiro atoms. The molecule has 0 aliphatic heterocycles. The summed E-state index contributed by atoms with van der Waals surface area (Å²) in [6.07, 6.45) is 0. The molecule has 1 aromatic carbocycles. The number of hydrogen-bond acceptors (Lipinski definition) is 3. The van der Waals surface area contributed by atoms with E-state index in [9.17, 15) is 5.11 Å². The van der Waals surface area contributed by atoms with Crippen molar-refractivity contribution in [2.75, 3.05) is 7.11 Å². The van der Waals surface area contributed by atoms with Crippen LogP contribution in [0.15, 0.2) is 24.3 Å². The standard InChI is InChI=1S/C14H23NO2/c1-11(14(2,3)16)15-9-12-6-5-7-13(8-12)10-17-4/h5-8,11,15-16H,9-10H2,1-4H3. The number of aliphatic hydroxyl groups is 1. The predicted octanol–water partition coefficient (Wildman–Crippen LogP) is 2.08. The molecule has 0 aliphatic rings. The summed E-state index contributed by atoms with van der Waals surface area (Å²) in [4.78, 5) is 0. The molecule has 1 rings (SSSR count). The summed E-state index contributed by atoms with van der Waals surface area (Å²) in [7, 11) is 1.70. The Morgan fingerprint density at radius 2 is 2.00 bits per heavy atom. The highest BCUT2D eigenvalue weighted by Crippen LogP contribution is 2.10. The van der Waals surface area contributed by atoms with Gasteiger partial charge >= 0.3 is 0 Å². The van der Waals surface area contributed by atoms with Gasteiger partial charge in [0.25, 0.3) is 0 Å². The minimum absolute atomic E-state index is 0.0496. The van der Waals surface area contributed by atoms with E-state index in [1.54, 1.807) is 7.11 Å². The first-order valence-corrected chi connectivity index (χ1v) is 5.96. The third-order valence-corrected chi connectivity index (χ3v) is 2.97. The van der Waals surface area contributed by atoms with Crippen molar-refractivity contribution in [2.45, 2.75) is 45.6 Å². The molecule has 1 aromatic rings. The predicted molar refractivity (Wildman–Crippen MR) is 69.8 cm³/mol. The molecule has 96 valence electrons. The highest BCUT2D eigenvalue weighted by molar-refractivity contribution is 5.22. The van der Waals surface area contributed by atoms with Gasteiger partial charge in [-0.05, 0) is 31.9 Å². The van der Waals surface area contributed by atoms with Crippen LogP contribution >= 0.6 is 0 Å². The fraction of sp³-hybridized carbons (Fsp3) is 0.571. The summed E-state index contributed by atoms with van der Waals surface area (Å²) < 4.78 is 5.10. The quantitative estimate of drug-likeness (QED) is 0.796. The average molecular weight is 237 g/mol. The Kier molecular flexibility index (Phi) is 5.12. The first-order valence-electron chi connectivity index (χ1n) is 5.96. The van der Waals surface area contributed by atoms with E-state index in [-0.39, 0.29) is 6.04 Å². The molecule has 1 atom stereocenters. The molecule has 0 heterocycles. The van der Waals surface area contributed by atoms with Crippen LogP contribution < -0.4 is 5.32 Å². The first-order chi connectivity index (χ1) is 7.93. The van der Waals surface area contributed by atoms with E-state index in [1.165, 1.54) is 11.1 Å². The van der Waals surface area contributed by atoms with Crippen LogP contribution in [0.1, 0.15) is 31.9 Å². The van der Waals surface area contributed by atoms with Crippen molar-refractivity contribution in [1.82, 2.24) is 5.32 Å². The smallest absolute Gasteiger partial charge is 0.0741 e. The number of nitrogens with one attached hydrogen (secondary N) is 1. The largest absolute Gasteiger partial charge is 0.389 e. The van der Waals surface area contributed by atoms with Gasteiger partial charge in [0.15, 0.2) is 0 Å². The van der Waals surface area contributed by atoms with Gasteiger partial charge < -0.3 is 15.2 Å². The van der Waals surface area contributed by atoms with E-state index in [4.69, 9.17) is 4.74 Å². The summed E-state index contributed by atoms with van der Waals surface area (Å²) in [5.74, 6) is 0. The SMILES string of the molecule is COCc1cccc(CNC(C)C(C)(C)O)c1. The zero-order valence-electron chi connectivity index (χ0n) is 11.2. The maximum atomic E-state index is 9.82. The summed E-state index contributed by atoms with van der Waals surface area (Å²) >= 11 is 0. The van der Waals surface area contributed by atoms with Crippen LogP contribution in [0, 0.1) is 0 Å². The third-order valence-electron chi connectivity index (χ3n) is 2.97. The molecule has 0 bridgehead atoms. The van der Waals surface area contributed by atoms with Gasteiger partial charge in [0.1, 0.15) is 0 Å². The molecule has 0 radical (unpaired) electrons. The molecule has 17 heavy (non-hydrogen) atoms. The molecular formula is C14H23NO2. The van der Waals surface area contributed by atoms with Crippen molar-refractivity contribution in [3.05, 3.63) is 35.4 Å². The summed E-state index contributed by atoms with van der Waals surface area (Å²) in [5.41, 5.74) is 1.67. The highest BCUT2D eigenvalue weighted by atomic mass is 16.5. The molecule has 2 N–H and O–H groups in total. The Hall–Kier alpha value is -0.900. The van der Waals surface area contributed by atoms with Crippen LogP contribution in [-0.2, 0) is 17.9 Å². The van der Waals surface area contributed by atoms with Gasteiger partial charge in [0, 0.05) is 19.7 Å². The highest BCUT2D eigenvalue weighted by Gasteiger charge is 2.21. The van der Waals surface area contributed by atoms with Gasteiger partial charge in [-0.1, -0.05) is 24.3 Å². The Bertz CT molecular complexity index is 344. The first kappa shape index (κ1) is 14.2. The van der Waals surface area contributed by atoms with Gasteiger partial charge in [-0.15, -0.1) is 0 Å². The molecule has 0 fully saturated rings. The molecule has 0 aliphatic carbocycles. The topological polar surface area (TPSA) is 41.5 Å². The zero-order chi connectivity index (χ0) is 12.9. The van der Waals surface area contributed by atoms with E-state index in [2.05, 4.69) is 17.4 Å². The Balaban J connectivity index is 2.54. The van der Waals surface area contributed by atoms with Crippen LogP contribution in [-0.4, -0.2) is 23.9 Å². The third kappa shape index (κ3) is 4.86. The van der Waals surface area contributed by atoms with Crippen molar-refractivity contribution in [3.8, 4) is 0 Å². The molecule has 0 saturated carbocycles. The number of benzene rings is 1. The Morgan fingerprint density at radius 3 is 2.59 bits per heavy atom. The molecule has 3 nitrogen and oxygen atoms in total.